The molecule has 1 unspecified atom stereocenters. The van der Waals surface area contributed by atoms with Crippen molar-refractivity contribution >= 4 is 21.7 Å². The first-order chi connectivity index (χ1) is 7.15. The zero-order valence-corrected chi connectivity index (χ0v) is 9.59. The molecule has 15 heavy (non-hydrogen) atoms. The van der Waals surface area contributed by atoms with E-state index in [1.54, 1.807) is 12.1 Å². The maximum atomic E-state index is 13.1. The molecule has 0 spiro atoms. The van der Waals surface area contributed by atoms with Gasteiger partial charge in [-0.1, -0.05) is 0 Å². The van der Waals surface area contributed by atoms with Crippen molar-refractivity contribution in [2.75, 3.05) is 0 Å². The van der Waals surface area contributed by atoms with Crippen LogP contribution in [0.3, 0.4) is 0 Å². The van der Waals surface area contributed by atoms with Crippen molar-refractivity contribution < 1.29 is 13.9 Å². The molecule has 0 radical (unpaired) electrons. The van der Waals surface area contributed by atoms with Crippen LogP contribution in [-0.4, -0.2) is 11.9 Å². The van der Waals surface area contributed by atoms with Gasteiger partial charge in [-0.25, -0.2) is 4.39 Å². The number of halogens is 2. The van der Waals surface area contributed by atoms with Crippen LogP contribution in [0.15, 0.2) is 22.7 Å². The molecule has 1 aromatic carbocycles. The summed E-state index contributed by atoms with van der Waals surface area (Å²) in [5.74, 6) is 0.352. The molecule has 1 fully saturated rings. The van der Waals surface area contributed by atoms with E-state index in [4.69, 9.17) is 4.74 Å². The van der Waals surface area contributed by atoms with Gasteiger partial charge >= 0.3 is 0 Å². The fourth-order valence-corrected chi connectivity index (χ4v) is 1.87. The quantitative estimate of drug-likeness (QED) is 0.827. The number of carbonyl (C=O) groups is 1. The van der Waals surface area contributed by atoms with Crippen molar-refractivity contribution in [1.29, 1.82) is 0 Å². The third-order valence-electron chi connectivity index (χ3n) is 2.39. The molecule has 80 valence electrons. The molecule has 2 nitrogen and oxygen atoms in total. The Morgan fingerprint density at radius 2 is 2.27 bits per heavy atom. The highest BCUT2D eigenvalue weighted by molar-refractivity contribution is 9.10. The smallest absolute Gasteiger partial charge is 0.141 e. The lowest BCUT2D eigenvalue weighted by molar-refractivity contribution is -0.117. The van der Waals surface area contributed by atoms with Gasteiger partial charge in [-0.15, -0.1) is 0 Å². The second-order valence-corrected chi connectivity index (χ2v) is 4.45. The van der Waals surface area contributed by atoms with Gasteiger partial charge < -0.3 is 4.74 Å². The van der Waals surface area contributed by atoms with Gasteiger partial charge in [0.1, 0.15) is 23.5 Å². The van der Waals surface area contributed by atoms with Gasteiger partial charge in [0.2, 0.25) is 0 Å². The van der Waals surface area contributed by atoms with Gasteiger partial charge in [0.25, 0.3) is 0 Å². The number of carbonyl (C=O) groups excluding carboxylic acids is 1. The summed E-state index contributed by atoms with van der Waals surface area (Å²) in [6, 6.07) is 4.62. The number of hydrogen-bond acceptors (Lipinski definition) is 2. The highest BCUT2D eigenvalue weighted by Crippen LogP contribution is 2.25. The first-order valence-electron chi connectivity index (χ1n) is 4.78. The molecule has 1 aliphatic carbocycles. The third kappa shape index (κ3) is 2.56. The van der Waals surface area contributed by atoms with Crippen LogP contribution in [-0.2, 0) is 4.79 Å². The summed E-state index contributed by atoms with van der Waals surface area (Å²) >= 11 is 3.07. The summed E-state index contributed by atoms with van der Waals surface area (Å²) in [6.45, 7) is 0. The number of rotatable bonds is 2. The van der Waals surface area contributed by atoms with E-state index < -0.39 is 0 Å². The molecular weight excluding hydrogens is 263 g/mol. The summed E-state index contributed by atoms with van der Waals surface area (Å²) in [6.07, 6.45) is 1.66. The standard InChI is InChI=1S/C11H10BrFO2/c12-10-4-3-9(6-11(10)13)15-8-2-1-7(14)5-8/h3-4,6,8H,1-2,5H2. The highest BCUT2D eigenvalue weighted by atomic mass is 79.9. The van der Waals surface area contributed by atoms with Crippen molar-refractivity contribution in [2.24, 2.45) is 0 Å². The minimum atomic E-state index is -0.350. The molecular formula is C11H10BrFO2. The van der Waals surface area contributed by atoms with E-state index in [0.29, 0.717) is 23.1 Å². The first kappa shape index (κ1) is 10.6. The lowest BCUT2D eigenvalue weighted by Gasteiger charge is -2.12. The van der Waals surface area contributed by atoms with Crippen molar-refractivity contribution in [3.8, 4) is 5.75 Å². The first-order valence-corrected chi connectivity index (χ1v) is 5.58. The van der Waals surface area contributed by atoms with Crippen molar-refractivity contribution in [2.45, 2.75) is 25.4 Å². The van der Waals surface area contributed by atoms with Crippen LogP contribution in [0.4, 0.5) is 4.39 Å². The van der Waals surface area contributed by atoms with Gasteiger partial charge in [0, 0.05) is 18.9 Å². The third-order valence-corrected chi connectivity index (χ3v) is 3.04. The lowest BCUT2D eigenvalue weighted by atomic mass is 10.3. The van der Waals surface area contributed by atoms with Crippen molar-refractivity contribution in [1.82, 2.24) is 0 Å². The van der Waals surface area contributed by atoms with E-state index in [0.717, 1.165) is 6.42 Å². The molecule has 0 bridgehead atoms. The van der Waals surface area contributed by atoms with Crippen LogP contribution in [0.5, 0.6) is 5.75 Å². The molecule has 0 amide bonds. The van der Waals surface area contributed by atoms with E-state index in [9.17, 15) is 9.18 Å². The normalized spacial score (nSPS) is 20.7. The molecule has 4 heteroatoms. The van der Waals surface area contributed by atoms with E-state index >= 15 is 0 Å². The second-order valence-electron chi connectivity index (χ2n) is 3.60. The van der Waals surface area contributed by atoms with Gasteiger partial charge in [-0.3, -0.25) is 4.79 Å². The molecule has 0 N–H and O–H groups in total. The minimum absolute atomic E-state index is 0.0851. The Balaban J connectivity index is 2.05. The Bertz CT molecular complexity index is 392. The summed E-state index contributed by atoms with van der Waals surface area (Å²) in [5, 5.41) is 0. The monoisotopic (exact) mass is 272 g/mol. The number of ketones is 1. The van der Waals surface area contributed by atoms with Gasteiger partial charge in [-0.2, -0.15) is 0 Å². The Kier molecular flexibility index (Phi) is 3.05. The predicted octanol–water partition coefficient (Wildman–Crippen LogP) is 3.09. The van der Waals surface area contributed by atoms with Crippen LogP contribution in [0.25, 0.3) is 0 Å². The molecule has 1 saturated carbocycles. The van der Waals surface area contributed by atoms with Crippen LogP contribution >= 0.6 is 15.9 Å². The lowest BCUT2D eigenvalue weighted by Crippen LogP contribution is -2.12. The summed E-state index contributed by atoms with van der Waals surface area (Å²) in [4.78, 5) is 11.0. The van der Waals surface area contributed by atoms with Crippen LogP contribution < -0.4 is 4.74 Å². The zero-order chi connectivity index (χ0) is 10.8. The van der Waals surface area contributed by atoms with Crippen LogP contribution in [0.1, 0.15) is 19.3 Å². The van der Waals surface area contributed by atoms with Crippen LogP contribution in [0, 0.1) is 5.82 Å². The Labute approximate surface area is 95.6 Å². The fourth-order valence-electron chi connectivity index (χ4n) is 1.62. The topological polar surface area (TPSA) is 26.3 Å². The summed E-state index contributed by atoms with van der Waals surface area (Å²) in [7, 11) is 0. The van der Waals surface area contributed by atoms with Crippen molar-refractivity contribution in [3.05, 3.63) is 28.5 Å². The SMILES string of the molecule is O=C1CCC(Oc2ccc(Br)c(F)c2)C1. The molecule has 0 aliphatic heterocycles. The molecule has 0 heterocycles. The average Bonchev–Trinajstić information content (AvgIpc) is 2.58. The van der Waals surface area contributed by atoms with E-state index in [2.05, 4.69) is 15.9 Å². The number of Topliss-reactive ketones (excluding diaryl/α,β-unsaturated/α-hetero) is 1. The Hall–Kier alpha value is -0.900. The second kappa shape index (κ2) is 4.31. The molecule has 1 aromatic rings. The van der Waals surface area contributed by atoms with Gasteiger partial charge in [-0.05, 0) is 34.5 Å². The molecule has 2 rings (SSSR count). The van der Waals surface area contributed by atoms with Gasteiger partial charge in [0.15, 0.2) is 0 Å². The highest BCUT2D eigenvalue weighted by Gasteiger charge is 2.23. The molecule has 1 aliphatic rings. The van der Waals surface area contributed by atoms with Crippen molar-refractivity contribution in [3.63, 3.8) is 0 Å². The maximum Gasteiger partial charge on any atom is 0.141 e. The Morgan fingerprint density at radius 3 is 2.87 bits per heavy atom. The summed E-state index contributed by atoms with van der Waals surface area (Å²) < 4.78 is 19.1. The zero-order valence-electron chi connectivity index (χ0n) is 8.00. The predicted molar refractivity (Wildman–Crippen MR) is 57.4 cm³/mol. The molecule has 1 atom stereocenters. The van der Waals surface area contributed by atoms with E-state index in [1.807, 2.05) is 0 Å². The number of hydrogen-bond donors (Lipinski definition) is 0. The average molecular weight is 273 g/mol. The number of benzene rings is 1. The van der Waals surface area contributed by atoms with E-state index in [-0.39, 0.29) is 17.7 Å². The summed E-state index contributed by atoms with van der Waals surface area (Å²) in [5.41, 5.74) is 0. The Morgan fingerprint density at radius 1 is 1.47 bits per heavy atom. The molecule has 0 saturated heterocycles. The number of ether oxygens (including phenoxy) is 1. The largest absolute Gasteiger partial charge is 0.490 e. The van der Waals surface area contributed by atoms with E-state index in [1.165, 1.54) is 6.07 Å². The van der Waals surface area contributed by atoms with Crippen LogP contribution in [0.2, 0.25) is 0 Å². The maximum absolute atomic E-state index is 13.1. The minimum Gasteiger partial charge on any atom is -0.490 e. The van der Waals surface area contributed by atoms with Gasteiger partial charge in [0.05, 0.1) is 4.47 Å². The molecule has 0 aromatic heterocycles. The fraction of sp³-hybridized carbons (Fsp3) is 0.364.